The summed E-state index contributed by atoms with van der Waals surface area (Å²) in [6.45, 7) is -0.626. The zero-order chi connectivity index (χ0) is 23.9. The molecular weight excluding hydrogens is 440 g/mol. The molecule has 176 valence electrons. The quantitative estimate of drug-likeness (QED) is 0.302. The zero-order valence-corrected chi connectivity index (χ0v) is 17.3. The van der Waals surface area contributed by atoms with Gasteiger partial charge in [0, 0.05) is 12.1 Å². The highest BCUT2D eigenvalue weighted by molar-refractivity contribution is 5.88. The van der Waals surface area contributed by atoms with Crippen molar-refractivity contribution in [3.05, 3.63) is 46.8 Å². The van der Waals surface area contributed by atoms with E-state index in [1.807, 2.05) is 0 Å². The van der Waals surface area contributed by atoms with Gasteiger partial charge in [-0.05, 0) is 17.7 Å². The Morgan fingerprint density at radius 3 is 2.45 bits per heavy atom. The van der Waals surface area contributed by atoms with Crippen LogP contribution in [0.4, 0.5) is 0 Å². The number of aliphatic hydroxyl groups excluding tert-OH is 4. The van der Waals surface area contributed by atoms with Crippen LogP contribution < -0.4 is 14.9 Å². The largest absolute Gasteiger partial charge is 0.508 e. The summed E-state index contributed by atoms with van der Waals surface area (Å²) >= 11 is 0. The van der Waals surface area contributed by atoms with Crippen LogP contribution in [-0.2, 0) is 4.74 Å². The van der Waals surface area contributed by atoms with Crippen LogP contribution in [0.25, 0.3) is 22.1 Å². The number of rotatable bonds is 5. The van der Waals surface area contributed by atoms with Crippen LogP contribution in [-0.4, -0.2) is 75.1 Å². The molecule has 0 amide bonds. The van der Waals surface area contributed by atoms with E-state index in [1.165, 1.54) is 31.4 Å². The highest BCUT2D eigenvalue weighted by atomic mass is 16.7. The molecule has 11 heteroatoms. The maximum atomic E-state index is 13.0. The van der Waals surface area contributed by atoms with Crippen molar-refractivity contribution in [1.29, 1.82) is 0 Å². The Morgan fingerprint density at radius 2 is 1.76 bits per heavy atom. The molecule has 0 spiro atoms. The van der Waals surface area contributed by atoms with Crippen molar-refractivity contribution < 1.29 is 49.3 Å². The molecule has 0 aliphatic carbocycles. The lowest BCUT2D eigenvalue weighted by molar-refractivity contribution is -0.277. The summed E-state index contributed by atoms with van der Waals surface area (Å²) in [7, 11) is 1.37. The summed E-state index contributed by atoms with van der Waals surface area (Å²) in [6, 6.07) is 6.63. The van der Waals surface area contributed by atoms with Gasteiger partial charge in [0.15, 0.2) is 11.5 Å². The van der Waals surface area contributed by atoms with E-state index >= 15 is 0 Å². The van der Waals surface area contributed by atoms with Crippen molar-refractivity contribution in [2.45, 2.75) is 30.7 Å². The van der Waals surface area contributed by atoms with Crippen molar-refractivity contribution in [3.8, 4) is 34.1 Å². The molecule has 1 aromatic heterocycles. The lowest BCUT2D eigenvalue weighted by Crippen LogP contribution is -2.60. The van der Waals surface area contributed by atoms with Gasteiger partial charge in [0.2, 0.25) is 11.7 Å². The summed E-state index contributed by atoms with van der Waals surface area (Å²) < 4.78 is 21.7. The second kappa shape index (κ2) is 8.89. The third-order valence-electron chi connectivity index (χ3n) is 5.41. The predicted octanol–water partition coefficient (Wildman–Crippen LogP) is 0.0585. The number of ether oxygens (including phenoxy) is 3. The minimum atomic E-state index is -1.65. The predicted molar refractivity (Wildman–Crippen MR) is 112 cm³/mol. The van der Waals surface area contributed by atoms with Crippen LogP contribution in [0.15, 0.2) is 45.8 Å². The van der Waals surface area contributed by atoms with Gasteiger partial charge in [-0.1, -0.05) is 6.07 Å². The molecular formula is C22H22O11. The minimum absolute atomic E-state index is 0.00689. The standard InChI is InChI=1S/C22H22O11/c1-30-13-3-2-9(11-8-31-15-6-10(24)5-12(25)17(15)18(11)26)4-14(13)32-22-21(29)20(28)19(27)16(7-23)33-22/h2-6,8,16,19-25,27-29H,7H2,1H3. The van der Waals surface area contributed by atoms with E-state index in [0.717, 1.165) is 12.3 Å². The topological polar surface area (TPSA) is 179 Å². The van der Waals surface area contributed by atoms with Gasteiger partial charge in [0.05, 0.1) is 19.3 Å². The molecule has 2 heterocycles. The number of fused-ring (bicyclic) bond motifs is 1. The fourth-order valence-electron chi connectivity index (χ4n) is 3.64. The second-order valence-electron chi connectivity index (χ2n) is 7.50. The van der Waals surface area contributed by atoms with Gasteiger partial charge in [-0.25, -0.2) is 0 Å². The number of phenolic OH excluding ortho intramolecular Hbond substituents is 2. The Balaban J connectivity index is 1.74. The van der Waals surface area contributed by atoms with E-state index in [2.05, 4.69) is 0 Å². The lowest BCUT2D eigenvalue weighted by Gasteiger charge is -2.39. The Morgan fingerprint density at radius 1 is 1.00 bits per heavy atom. The maximum Gasteiger partial charge on any atom is 0.229 e. The normalized spacial score (nSPS) is 25.2. The Bertz CT molecular complexity index is 1220. The SMILES string of the molecule is COc1ccc(-c2coc3cc(O)cc(O)c3c2=O)cc1OC1OC(CO)C(O)C(O)C1O. The third-order valence-corrected chi connectivity index (χ3v) is 5.41. The summed E-state index contributed by atoms with van der Waals surface area (Å²) in [6.07, 6.45) is -6.32. The molecule has 1 fully saturated rings. The number of hydrogen-bond acceptors (Lipinski definition) is 11. The zero-order valence-electron chi connectivity index (χ0n) is 17.3. The maximum absolute atomic E-state index is 13.0. The molecule has 0 radical (unpaired) electrons. The van der Waals surface area contributed by atoms with Gasteiger partial charge >= 0.3 is 0 Å². The summed E-state index contributed by atoms with van der Waals surface area (Å²) in [5.41, 5.74) is -0.214. The van der Waals surface area contributed by atoms with E-state index in [1.54, 1.807) is 0 Å². The monoisotopic (exact) mass is 462 g/mol. The van der Waals surface area contributed by atoms with Gasteiger partial charge in [-0.15, -0.1) is 0 Å². The van der Waals surface area contributed by atoms with Gasteiger partial charge in [-0.3, -0.25) is 4.79 Å². The van der Waals surface area contributed by atoms with Gasteiger partial charge in [0.1, 0.15) is 53.1 Å². The van der Waals surface area contributed by atoms with Crippen molar-refractivity contribution in [1.82, 2.24) is 0 Å². The molecule has 1 saturated heterocycles. The van der Waals surface area contributed by atoms with Crippen molar-refractivity contribution in [2.75, 3.05) is 13.7 Å². The van der Waals surface area contributed by atoms with E-state index < -0.39 is 48.5 Å². The number of hydrogen-bond donors (Lipinski definition) is 6. The van der Waals surface area contributed by atoms with Crippen molar-refractivity contribution in [2.24, 2.45) is 0 Å². The molecule has 33 heavy (non-hydrogen) atoms. The summed E-state index contributed by atoms with van der Waals surface area (Å²) in [4.78, 5) is 13.0. The van der Waals surface area contributed by atoms with Crippen molar-refractivity contribution in [3.63, 3.8) is 0 Å². The lowest BCUT2D eigenvalue weighted by atomic mass is 9.99. The first kappa shape index (κ1) is 22.8. The fraction of sp³-hybridized carbons (Fsp3) is 0.318. The van der Waals surface area contributed by atoms with Crippen LogP contribution in [0.1, 0.15) is 0 Å². The number of benzene rings is 2. The van der Waals surface area contributed by atoms with E-state index in [9.17, 15) is 35.4 Å². The van der Waals surface area contributed by atoms with Gasteiger partial charge in [-0.2, -0.15) is 0 Å². The number of phenols is 2. The van der Waals surface area contributed by atoms with Gasteiger partial charge in [0.25, 0.3) is 0 Å². The fourth-order valence-corrected chi connectivity index (χ4v) is 3.64. The smallest absolute Gasteiger partial charge is 0.229 e. The Kier molecular flexibility index (Phi) is 6.15. The molecule has 3 aromatic rings. The third kappa shape index (κ3) is 4.08. The molecule has 5 atom stereocenters. The molecule has 11 nitrogen and oxygen atoms in total. The Labute approximate surface area is 186 Å². The molecule has 1 aliphatic rings. The van der Waals surface area contributed by atoms with E-state index in [0.29, 0.717) is 5.56 Å². The van der Waals surface area contributed by atoms with Crippen LogP contribution in [0.3, 0.4) is 0 Å². The van der Waals surface area contributed by atoms with Crippen molar-refractivity contribution >= 4 is 11.0 Å². The first-order valence-electron chi connectivity index (χ1n) is 9.88. The first-order chi connectivity index (χ1) is 15.7. The van der Waals surface area contributed by atoms with Crippen LogP contribution in [0, 0.1) is 0 Å². The number of methoxy groups -OCH3 is 1. The molecule has 5 unspecified atom stereocenters. The minimum Gasteiger partial charge on any atom is -0.508 e. The second-order valence-corrected chi connectivity index (χ2v) is 7.50. The van der Waals surface area contributed by atoms with Gasteiger partial charge < -0.3 is 49.3 Å². The highest BCUT2D eigenvalue weighted by Crippen LogP contribution is 2.36. The van der Waals surface area contributed by atoms with Crippen LogP contribution in [0.5, 0.6) is 23.0 Å². The summed E-state index contributed by atoms with van der Waals surface area (Å²) in [5, 5.41) is 59.1. The number of aliphatic hydroxyl groups is 4. The Hall–Kier alpha value is -3.35. The molecule has 4 rings (SSSR count). The average Bonchev–Trinajstić information content (AvgIpc) is 2.79. The van der Waals surface area contributed by atoms with Crippen LogP contribution >= 0.6 is 0 Å². The molecule has 0 saturated carbocycles. The van der Waals surface area contributed by atoms with E-state index in [4.69, 9.17) is 18.6 Å². The summed E-state index contributed by atoms with van der Waals surface area (Å²) in [5.74, 6) is -0.495. The average molecular weight is 462 g/mol. The number of aromatic hydroxyl groups is 2. The molecule has 2 aromatic carbocycles. The molecule has 6 N–H and O–H groups in total. The molecule has 1 aliphatic heterocycles. The van der Waals surface area contributed by atoms with E-state index in [-0.39, 0.29) is 33.8 Å². The molecule has 0 bridgehead atoms. The highest BCUT2D eigenvalue weighted by Gasteiger charge is 2.45. The van der Waals surface area contributed by atoms with Crippen LogP contribution in [0.2, 0.25) is 0 Å². The first-order valence-corrected chi connectivity index (χ1v) is 9.88.